The minimum Gasteiger partial charge on any atom is -0.480 e. The van der Waals surface area contributed by atoms with Crippen molar-refractivity contribution in [3.8, 4) is 0 Å². The fraction of sp³-hybridized carbons (Fsp3) is 0.727. The summed E-state index contributed by atoms with van der Waals surface area (Å²) in [6.07, 6.45) is 0.734. The summed E-state index contributed by atoms with van der Waals surface area (Å²) in [4.78, 5) is 24.9. The summed E-state index contributed by atoms with van der Waals surface area (Å²) in [5.41, 5.74) is 0. The number of nitrogens with zero attached hydrogens (tertiary/aromatic N) is 5. The SMILES string of the molecule is CC(O)C1C(=O)N2C(C(=O)O)C(SCCn3cnnn3)S[C@@H]12. The topological polar surface area (TPSA) is 121 Å². The van der Waals surface area contributed by atoms with Gasteiger partial charge in [-0.15, -0.1) is 28.6 Å². The highest BCUT2D eigenvalue weighted by Crippen LogP contribution is 2.51. The van der Waals surface area contributed by atoms with E-state index in [0.29, 0.717) is 12.3 Å². The Morgan fingerprint density at radius 1 is 1.59 bits per heavy atom. The van der Waals surface area contributed by atoms with E-state index < -0.39 is 24.0 Å². The number of hydrogen-bond donors (Lipinski definition) is 2. The molecule has 1 aromatic rings. The number of aromatic nitrogens is 4. The average Bonchev–Trinajstić information content (AvgIpc) is 3.04. The van der Waals surface area contributed by atoms with E-state index in [1.54, 1.807) is 11.6 Å². The van der Waals surface area contributed by atoms with Gasteiger partial charge >= 0.3 is 5.97 Å². The van der Waals surface area contributed by atoms with Gasteiger partial charge in [-0.05, 0) is 17.4 Å². The van der Waals surface area contributed by atoms with E-state index in [4.69, 9.17) is 0 Å². The Morgan fingerprint density at radius 2 is 2.36 bits per heavy atom. The number of β-lactam (4-membered cyclic amide) rings is 1. The van der Waals surface area contributed by atoms with Gasteiger partial charge in [-0.25, -0.2) is 9.48 Å². The van der Waals surface area contributed by atoms with Gasteiger partial charge in [0.05, 0.1) is 28.5 Å². The molecule has 120 valence electrons. The van der Waals surface area contributed by atoms with E-state index in [-0.39, 0.29) is 15.9 Å². The van der Waals surface area contributed by atoms with Crippen molar-refractivity contribution in [3.63, 3.8) is 0 Å². The van der Waals surface area contributed by atoms with E-state index >= 15 is 0 Å². The molecule has 2 N–H and O–H groups in total. The molecule has 0 aromatic carbocycles. The summed E-state index contributed by atoms with van der Waals surface area (Å²) in [5.74, 6) is -1.15. The molecule has 0 radical (unpaired) electrons. The van der Waals surface area contributed by atoms with Crippen molar-refractivity contribution in [2.75, 3.05) is 5.75 Å². The monoisotopic (exact) mass is 345 g/mol. The van der Waals surface area contributed by atoms with Crippen molar-refractivity contribution < 1.29 is 19.8 Å². The average molecular weight is 345 g/mol. The fourth-order valence-corrected chi connectivity index (χ4v) is 6.10. The summed E-state index contributed by atoms with van der Waals surface area (Å²) in [6, 6.07) is -0.851. The third-order valence-corrected chi connectivity index (χ3v) is 6.79. The van der Waals surface area contributed by atoms with Crippen molar-refractivity contribution in [2.24, 2.45) is 5.92 Å². The molecule has 1 amide bonds. The Morgan fingerprint density at radius 3 is 2.95 bits per heavy atom. The first kappa shape index (κ1) is 15.6. The van der Waals surface area contributed by atoms with Gasteiger partial charge in [0.1, 0.15) is 6.33 Å². The van der Waals surface area contributed by atoms with Crippen LogP contribution in [0.4, 0.5) is 0 Å². The predicted octanol–water partition coefficient (Wildman–Crippen LogP) is -0.902. The number of thioether (sulfide) groups is 2. The molecular weight excluding hydrogens is 330 g/mol. The standard InChI is InChI=1S/C11H15N5O4S2/c1-5(17)6-8(18)16-7(10(19)20)11(22-9(6)16)21-3-2-15-4-12-13-14-15/h4-7,9,11,17H,2-3H2,1H3,(H,19,20)/t5?,6?,7?,9-,11?/m0/s1. The van der Waals surface area contributed by atoms with Crippen LogP contribution < -0.4 is 0 Å². The zero-order valence-electron chi connectivity index (χ0n) is 11.6. The lowest BCUT2D eigenvalue weighted by molar-refractivity contribution is -0.166. The van der Waals surface area contributed by atoms with Crippen molar-refractivity contribution >= 4 is 35.4 Å². The quantitative estimate of drug-likeness (QED) is 0.631. The van der Waals surface area contributed by atoms with Crippen molar-refractivity contribution in [1.29, 1.82) is 0 Å². The zero-order valence-corrected chi connectivity index (χ0v) is 13.3. The van der Waals surface area contributed by atoms with Crippen LogP contribution in [0.3, 0.4) is 0 Å². The summed E-state index contributed by atoms with van der Waals surface area (Å²) in [5, 5.41) is 29.6. The highest BCUT2D eigenvalue weighted by Gasteiger charge is 2.61. The molecule has 3 heterocycles. The number of carboxylic acids is 1. The van der Waals surface area contributed by atoms with Gasteiger partial charge in [0.2, 0.25) is 5.91 Å². The summed E-state index contributed by atoms with van der Waals surface area (Å²) in [6.45, 7) is 2.13. The van der Waals surface area contributed by atoms with Gasteiger partial charge in [0, 0.05) is 5.75 Å². The number of aliphatic hydroxyl groups is 1. The van der Waals surface area contributed by atoms with Crippen molar-refractivity contribution in [2.45, 2.75) is 35.6 Å². The molecule has 2 aliphatic rings. The molecule has 0 spiro atoms. The molecule has 1 aromatic heterocycles. The second kappa shape index (κ2) is 6.05. The smallest absolute Gasteiger partial charge is 0.328 e. The number of aryl methyl sites for hydroxylation is 1. The molecule has 3 rings (SSSR count). The molecule has 0 aliphatic carbocycles. The first-order chi connectivity index (χ1) is 10.5. The van der Waals surface area contributed by atoms with Gasteiger partial charge in [-0.2, -0.15) is 0 Å². The second-order valence-electron chi connectivity index (χ2n) is 5.13. The van der Waals surface area contributed by atoms with Crippen LogP contribution in [0, 0.1) is 5.92 Å². The van der Waals surface area contributed by atoms with Crippen LogP contribution in [0.25, 0.3) is 0 Å². The van der Waals surface area contributed by atoms with Crippen LogP contribution in [-0.2, 0) is 16.1 Å². The molecule has 0 bridgehead atoms. The van der Waals surface area contributed by atoms with Gasteiger partial charge in [0.25, 0.3) is 0 Å². The van der Waals surface area contributed by atoms with E-state index in [2.05, 4.69) is 15.5 Å². The van der Waals surface area contributed by atoms with Crippen LogP contribution in [0.5, 0.6) is 0 Å². The zero-order chi connectivity index (χ0) is 15.9. The lowest BCUT2D eigenvalue weighted by Crippen LogP contribution is -2.64. The molecule has 2 saturated heterocycles. The van der Waals surface area contributed by atoms with Gasteiger partial charge < -0.3 is 15.1 Å². The largest absolute Gasteiger partial charge is 0.480 e. The number of aliphatic hydroxyl groups excluding tert-OH is 1. The number of amides is 1. The van der Waals surface area contributed by atoms with Crippen LogP contribution in [0.1, 0.15) is 6.92 Å². The summed E-state index contributed by atoms with van der Waals surface area (Å²) < 4.78 is 1.31. The molecular formula is C11H15N5O4S2. The number of rotatable bonds is 6. The maximum atomic E-state index is 12.1. The molecule has 22 heavy (non-hydrogen) atoms. The van der Waals surface area contributed by atoms with Crippen LogP contribution >= 0.6 is 23.5 Å². The molecule has 9 nitrogen and oxygen atoms in total. The molecule has 0 saturated carbocycles. The summed E-state index contributed by atoms with van der Waals surface area (Å²) in [7, 11) is 0. The molecule has 5 atom stereocenters. The normalized spacial score (nSPS) is 31.7. The maximum Gasteiger partial charge on any atom is 0.328 e. The first-order valence-electron chi connectivity index (χ1n) is 6.71. The number of carboxylic acid groups (broad SMARTS) is 1. The maximum absolute atomic E-state index is 12.1. The van der Waals surface area contributed by atoms with E-state index in [0.717, 1.165) is 0 Å². The Labute approximate surface area is 134 Å². The van der Waals surface area contributed by atoms with Gasteiger partial charge in [0.15, 0.2) is 6.04 Å². The Balaban J connectivity index is 1.63. The van der Waals surface area contributed by atoms with E-state index in [1.807, 2.05) is 0 Å². The Bertz CT molecular complexity index is 569. The van der Waals surface area contributed by atoms with Crippen LogP contribution in [0.15, 0.2) is 6.33 Å². The van der Waals surface area contributed by atoms with Crippen molar-refractivity contribution in [1.82, 2.24) is 25.1 Å². The third-order valence-electron chi connectivity index (χ3n) is 3.72. The second-order valence-corrected chi connectivity index (χ2v) is 7.94. The van der Waals surface area contributed by atoms with Crippen LogP contribution in [0.2, 0.25) is 0 Å². The fourth-order valence-electron chi connectivity index (χ4n) is 2.65. The minimum atomic E-state index is -1.01. The minimum absolute atomic E-state index is 0.251. The third kappa shape index (κ3) is 2.57. The number of carbonyl (C=O) groups excluding carboxylic acids is 1. The predicted molar refractivity (Wildman–Crippen MR) is 78.9 cm³/mol. The highest BCUT2D eigenvalue weighted by molar-refractivity contribution is 8.17. The number of tetrazole rings is 1. The number of carbonyl (C=O) groups is 2. The number of fused-ring (bicyclic) bond motifs is 1. The van der Waals surface area contributed by atoms with Crippen LogP contribution in [-0.4, -0.2) is 75.1 Å². The van der Waals surface area contributed by atoms with Crippen molar-refractivity contribution in [3.05, 3.63) is 6.33 Å². The van der Waals surface area contributed by atoms with E-state index in [9.17, 15) is 19.8 Å². The highest BCUT2D eigenvalue weighted by atomic mass is 32.2. The van der Waals surface area contributed by atoms with E-state index in [1.165, 1.54) is 34.8 Å². The molecule has 2 aliphatic heterocycles. The lowest BCUT2D eigenvalue weighted by atomic mass is 9.91. The first-order valence-corrected chi connectivity index (χ1v) is 8.70. The lowest BCUT2D eigenvalue weighted by Gasteiger charge is -2.44. The Kier molecular flexibility index (Phi) is 4.28. The molecule has 4 unspecified atom stereocenters. The van der Waals surface area contributed by atoms with Gasteiger partial charge in [-0.3, -0.25) is 4.79 Å². The molecule has 11 heteroatoms. The molecule has 2 fully saturated rings. The number of aliphatic carboxylic acids is 1. The Hall–Kier alpha value is -1.33. The number of hydrogen-bond acceptors (Lipinski definition) is 8. The van der Waals surface area contributed by atoms with Gasteiger partial charge in [-0.1, -0.05) is 0 Å². The summed E-state index contributed by atoms with van der Waals surface area (Å²) >= 11 is 2.91.